The number of rotatable bonds is 6. The van der Waals surface area contributed by atoms with E-state index in [1.54, 1.807) is 0 Å². The van der Waals surface area contributed by atoms with Gasteiger partial charge in [-0.2, -0.15) is 5.26 Å². The van der Waals surface area contributed by atoms with Crippen molar-refractivity contribution in [2.75, 3.05) is 0 Å². The second-order valence-electron chi connectivity index (χ2n) is 5.34. The van der Waals surface area contributed by atoms with Crippen molar-refractivity contribution in [3.63, 3.8) is 0 Å². The van der Waals surface area contributed by atoms with Gasteiger partial charge in [0.05, 0.1) is 12.1 Å². The molecule has 1 aromatic carbocycles. The smallest absolute Gasteiger partial charge is 0.217 e. The number of nitriles is 1. The van der Waals surface area contributed by atoms with Gasteiger partial charge in [0.15, 0.2) is 0 Å². The van der Waals surface area contributed by atoms with Crippen molar-refractivity contribution in [1.29, 1.82) is 5.26 Å². The van der Waals surface area contributed by atoms with Gasteiger partial charge in [0.25, 0.3) is 0 Å². The maximum absolute atomic E-state index is 11.4. The van der Waals surface area contributed by atoms with Gasteiger partial charge >= 0.3 is 0 Å². The minimum atomic E-state index is -0.0826. The van der Waals surface area contributed by atoms with Crippen LogP contribution in [0.25, 0.3) is 0 Å². The zero-order valence-corrected chi connectivity index (χ0v) is 11.9. The average molecular weight is 258 g/mol. The fourth-order valence-corrected chi connectivity index (χ4v) is 2.41. The quantitative estimate of drug-likeness (QED) is 0.849. The molecule has 0 bridgehead atoms. The van der Waals surface area contributed by atoms with Crippen LogP contribution in [-0.4, -0.2) is 5.91 Å². The number of hydrogen-bond donors (Lipinski definition) is 1. The molecule has 3 nitrogen and oxygen atoms in total. The van der Waals surface area contributed by atoms with Crippen LogP contribution in [0.15, 0.2) is 30.3 Å². The molecule has 0 heterocycles. The highest BCUT2D eigenvalue weighted by Gasteiger charge is 2.24. The fraction of sp³-hybridized carbons (Fsp3) is 0.500. The number of amides is 1. The third-order valence-electron chi connectivity index (χ3n) is 3.12. The number of benzene rings is 1. The maximum atomic E-state index is 11.4. The first-order valence-corrected chi connectivity index (χ1v) is 6.73. The third-order valence-corrected chi connectivity index (χ3v) is 3.12. The van der Waals surface area contributed by atoms with Crippen molar-refractivity contribution in [3.8, 4) is 6.07 Å². The number of nitrogens with zero attached hydrogens (tertiary/aromatic N) is 1. The lowest BCUT2D eigenvalue weighted by atomic mass is 9.84. The van der Waals surface area contributed by atoms with Crippen LogP contribution >= 0.6 is 0 Å². The van der Waals surface area contributed by atoms with E-state index in [0.717, 1.165) is 12.0 Å². The van der Waals surface area contributed by atoms with Gasteiger partial charge in [0.2, 0.25) is 5.91 Å². The normalized spacial score (nSPS) is 13.6. The molecule has 102 valence electrons. The van der Waals surface area contributed by atoms with E-state index in [-0.39, 0.29) is 17.9 Å². The molecule has 0 radical (unpaired) electrons. The maximum Gasteiger partial charge on any atom is 0.217 e. The lowest BCUT2D eigenvalue weighted by Crippen LogP contribution is -2.32. The number of carbonyl (C=O) groups excluding carboxylic acids is 1. The summed E-state index contributed by atoms with van der Waals surface area (Å²) >= 11 is 0. The molecule has 0 fully saturated rings. The summed E-state index contributed by atoms with van der Waals surface area (Å²) in [4.78, 5) is 11.4. The van der Waals surface area contributed by atoms with Gasteiger partial charge in [-0.15, -0.1) is 0 Å². The Bertz CT molecular complexity index is 434. The Hall–Kier alpha value is -1.82. The number of hydrogen-bond acceptors (Lipinski definition) is 2. The minimum Gasteiger partial charge on any atom is -0.349 e. The molecule has 0 saturated carbocycles. The van der Waals surface area contributed by atoms with E-state index >= 15 is 0 Å². The van der Waals surface area contributed by atoms with E-state index in [2.05, 4.69) is 25.2 Å². The van der Waals surface area contributed by atoms with Crippen molar-refractivity contribution in [1.82, 2.24) is 5.32 Å². The SMILES string of the molecule is CC(=O)N[C@H](c1ccccc1)C(CC#N)CC(C)C. The molecule has 1 aromatic rings. The molecule has 1 unspecified atom stereocenters. The highest BCUT2D eigenvalue weighted by atomic mass is 16.1. The van der Waals surface area contributed by atoms with Crippen LogP contribution in [0.2, 0.25) is 0 Å². The van der Waals surface area contributed by atoms with Crippen LogP contribution in [-0.2, 0) is 4.79 Å². The second-order valence-corrected chi connectivity index (χ2v) is 5.34. The first kappa shape index (κ1) is 15.2. The summed E-state index contributed by atoms with van der Waals surface area (Å²) in [7, 11) is 0. The highest BCUT2D eigenvalue weighted by molar-refractivity contribution is 5.73. The van der Waals surface area contributed by atoms with Crippen molar-refractivity contribution in [2.24, 2.45) is 11.8 Å². The summed E-state index contributed by atoms with van der Waals surface area (Å²) in [6.07, 6.45) is 1.38. The Morgan fingerprint density at radius 2 is 1.95 bits per heavy atom. The summed E-state index contributed by atoms with van der Waals surface area (Å²) < 4.78 is 0. The van der Waals surface area contributed by atoms with Crippen LogP contribution in [0.4, 0.5) is 0 Å². The van der Waals surface area contributed by atoms with Gasteiger partial charge in [0, 0.05) is 13.3 Å². The molecule has 0 aliphatic rings. The van der Waals surface area contributed by atoms with Gasteiger partial charge in [-0.05, 0) is 23.8 Å². The van der Waals surface area contributed by atoms with Gasteiger partial charge in [-0.3, -0.25) is 4.79 Å². The molecule has 2 atom stereocenters. The Morgan fingerprint density at radius 3 is 2.42 bits per heavy atom. The average Bonchev–Trinajstić information content (AvgIpc) is 2.36. The Labute approximate surface area is 115 Å². The van der Waals surface area contributed by atoms with Crippen LogP contribution in [0.3, 0.4) is 0 Å². The summed E-state index contributed by atoms with van der Waals surface area (Å²) in [6, 6.07) is 12.1. The van der Waals surface area contributed by atoms with E-state index in [1.807, 2.05) is 30.3 Å². The molecule has 1 amide bonds. The predicted octanol–water partition coefficient (Wildman–Crippen LogP) is 3.44. The highest BCUT2D eigenvalue weighted by Crippen LogP contribution is 2.30. The molecule has 0 spiro atoms. The minimum absolute atomic E-state index is 0.0550. The summed E-state index contributed by atoms with van der Waals surface area (Å²) in [6.45, 7) is 5.80. The molecule has 1 N–H and O–H groups in total. The monoisotopic (exact) mass is 258 g/mol. The molecule has 0 aliphatic carbocycles. The Morgan fingerprint density at radius 1 is 1.32 bits per heavy atom. The molecule has 0 saturated heterocycles. The van der Waals surface area contributed by atoms with Gasteiger partial charge in [-0.25, -0.2) is 0 Å². The van der Waals surface area contributed by atoms with E-state index in [4.69, 9.17) is 5.26 Å². The fourth-order valence-electron chi connectivity index (χ4n) is 2.41. The van der Waals surface area contributed by atoms with Gasteiger partial charge < -0.3 is 5.32 Å². The topological polar surface area (TPSA) is 52.9 Å². The zero-order valence-electron chi connectivity index (χ0n) is 11.9. The van der Waals surface area contributed by atoms with Crippen molar-refractivity contribution in [2.45, 2.75) is 39.7 Å². The van der Waals surface area contributed by atoms with Crippen LogP contribution in [0.1, 0.15) is 45.2 Å². The molecular weight excluding hydrogens is 236 g/mol. The predicted molar refractivity (Wildman–Crippen MR) is 76.2 cm³/mol. The third kappa shape index (κ3) is 5.13. The number of carbonyl (C=O) groups is 1. The summed E-state index contributed by atoms with van der Waals surface area (Å²) in [5, 5.41) is 12.0. The van der Waals surface area contributed by atoms with Crippen LogP contribution in [0, 0.1) is 23.2 Å². The Kier molecular flexibility index (Phi) is 6.08. The molecule has 3 heteroatoms. The first-order valence-electron chi connectivity index (χ1n) is 6.73. The van der Waals surface area contributed by atoms with Crippen molar-refractivity contribution >= 4 is 5.91 Å². The van der Waals surface area contributed by atoms with Crippen molar-refractivity contribution in [3.05, 3.63) is 35.9 Å². The van der Waals surface area contributed by atoms with E-state index in [9.17, 15) is 4.79 Å². The zero-order chi connectivity index (χ0) is 14.3. The summed E-state index contributed by atoms with van der Waals surface area (Å²) in [5.41, 5.74) is 1.07. The van der Waals surface area contributed by atoms with Crippen LogP contribution < -0.4 is 5.32 Å². The molecule has 0 aliphatic heterocycles. The second kappa shape index (κ2) is 7.58. The van der Waals surface area contributed by atoms with Gasteiger partial charge in [0.1, 0.15) is 0 Å². The standard InChI is InChI=1S/C16H22N2O/c1-12(2)11-15(9-10-17)16(18-13(3)19)14-7-5-4-6-8-14/h4-8,12,15-16H,9,11H2,1-3H3,(H,18,19)/t15?,16-/m1/s1. The number of nitrogens with one attached hydrogen (secondary N) is 1. The van der Waals surface area contributed by atoms with Crippen LogP contribution in [0.5, 0.6) is 0 Å². The largest absolute Gasteiger partial charge is 0.349 e. The molecular formula is C16H22N2O. The Balaban J connectivity index is 2.99. The molecule has 0 aromatic heterocycles. The van der Waals surface area contributed by atoms with E-state index in [1.165, 1.54) is 6.92 Å². The molecule has 1 rings (SSSR count). The first-order chi connectivity index (χ1) is 9.04. The lowest BCUT2D eigenvalue weighted by molar-refractivity contribution is -0.120. The van der Waals surface area contributed by atoms with Crippen molar-refractivity contribution < 1.29 is 4.79 Å². The van der Waals surface area contributed by atoms with E-state index < -0.39 is 0 Å². The van der Waals surface area contributed by atoms with E-state index in [0.29, 0.717) is 12.3 Å². The van der Waals surface area contributed by atoms with Gasteiger partial charge in [-0.1, -0.05) is 44.2 Å². The summed E-state index contributed by atoms with van der Waals surface area (Å²) in [5.74, 6) is 0.593. The lowest BCUT2D eigenvalue weighted by Gasteiger charge is -2.28. The molecule has 19 heavy (non-hydrogen) atoms.